The van der Waals surface area contributed by atoms with E-state index in [0.29, 0.717) is 18.7 Å². The number of allylic oxidation sites excluding steroid dienone is 1. The van der Waals surface area contributed by atoms with Crippen molar-refractivity contribution in [3.8, 4) is 0 Å². The van der Waals surface area contributed by atoms with Crippen molar-refractivity contribution in [2.45, 2.75) is 65.7 Å². The molecule has 0 heterocycles. The summed E-state index contributed by atoms with van der Waals surface area (Å²) in [6.07, 6.45) is 8.07. The maximum atomic E-state index is 10.4. The van der Waals surface area contributed by atoms with Crippen molar-refractivity contribution in [2.24, 2.45) is 0 Å². The molecule has 0 atom stereocenters. The number of aliphatic carboxylic acids is 1. The van der Waals surface area contributed by atoms with E-state index in [1.807, 2.05) is 6.08 Å². The van der Waals surface area contributed by atoms with Gasteiger partial charge in [0.2, 0.25) is 0 Å². The Hall–Kier alpha value is -1.03. The summed E-state index contributed by atoms with van der Waals surface area (Å²) in [6.45, 7) is 9.91. The minimum Gasteiger partial charge on any atom is -0.550 e. The molecule has 0 unspecified atom stereocenters. The minimum atomic E-state index is -0.972. The van der Waals surface area contributed by atoms with Crippen molar-refractivity contribution in [2.75, 3.05) is 26.2 Å². The van der Waals surface area contributed by atoms with E-state index in [2.05, 4.69) is 20.8 Å². The Bertz CT molecular complexity index is 309. The normalized spacial score (nSPS) is 12.6. The second-order valence-electron chi connectivity index (χ2n) is 5.88. The molecule has 0 aromatic rings. The molecule has 124 valence electrons. The molecule has 0 aromatic carbocycles. The van der Waals surface area contributed by atoms with Crippen LogP contribution in [0.5, 0.6) is 0 Å². The van der Waals surface area contributed by atoms with Crippen LogP contribution in [-0.2, 0) is 4.79 Å². The summed E-state index contributed by atoms with van der Waals surface area (Å²) in [5, 5.41) is 20.6. The van der Waals surface area contributed by atoms with Gasteiger partial charge in [0, 0.05) is 5.97 Å². The van der Waals surface area contributed by atoms with Crippen LogP contribution < -0.4 is 5.11 Å². The maximum absolute atomic E-state index is 10.4. The number of hydrogen-bond donors (Lipinski definition) is 1. The second-order valence-corrected chi connectivity index (χ2v) is 5.88. The smallest absolute Gasteiger partial charge is 0.143 e. The number of carbonyl (C=O) groups excluding carboxylic acids is 1. The maximum Gasteiger partial charge on any atom is 0.143 e. The molecule has 0 aliphatic rings. The van der Waals surface area contributed by atoms with Gasteiger partial charge >= 0.3 is 0 Å². The van der Waals surface area contributed by atoms with E-state index in [-0.39, 0.29) is 6.42 Å². The van der Waals surface area contributed by atoms with E-state index >= 15 is 0 Å². The zero-order chi connectivity index (χ0) is 16.1. The van der Waals surface area contributed by atoms with E-state index in [1.54, 1.807) is 0 Å². The first kappa shape index (κ1) is 20.0. The van der Waals surface area contributed by atoms with E-state index in [9.17, 15) is 15.0 Å². The lowest BCUT2D eigenvalue weighted by atomic mass is 10.1. The quantitative estimate of drug-likeness (QED) is 0.323. The number of likely N-dealkylation sites (N-methyl/N-ethyl adjacent to an activating group) is 1. The topological polar surface area (TPSA) is 60.4 Å². The van der Waals surface area contributed by atoms with Gasteiger partial charge in [0.25, 0.3) is 0 Å². The Labute approximate surface area is 130 Å². The summed E-state index contributed by atoms with van der Waals surface area (Å²) in [4.78, 5) is 10.4. The SMILES string of the molecule is CCCCC/C=C(\O)C[N+](CC)(CC)CCCCC(=O)[O-]. The lowest BCUT2D eigenvalue weighted by molar-refractivity contribution is -0.921. The van der Waals surface area contributed by atoms with Gasteiger partial charge in [-0.1, -0.05) is 19.8 Å². The highest BCUT2D eigenvalue weighted by Crippen LogP contribution is 2.14. The van der Waals surface area contributed by atoms with Crippen molar-refractivity contribution < 1.29 is 19.5 Å². The van der Waals surface area contributed by atoms with E-state index in [1.165, 1.54) is 12.8 Å². The first-order chi connectivity index (χ1) is 9.99. The number of aliphatic hydroxyl groups excluding tert-OH is 1. The van der Waals surface area contributed by atoms with Gasteiger partial charge in [-0.25, -0.2) is 0 Å². The fraction of sp³-hybridized carbons (Fsp3) is 0.824. The molecular weight excluding hydrogens is 266 g/mol. The third-order valence-electron chi connectivity index (χ3n) is 4.29. The van der Waals surface area contributed by atoms with Crippen LogP contribution in [0.15, 0.2) is 11.8 Å². The number of carboxylic acid groups (broad SMARTS) is 1. The second kappa shape index (κ2) is 11.6. The molecule has 0 aromatic heterocycles. The number of nitrogens with zero attached hydrogens (tertiary/aromatic N) is 1. The molecule has 0 fully saturated rings. The molecule has 0 bridgehead atoms. The van der Waals surface area contributed by atoms with Gasteiger partial charge in [0.15, 0.2) is 0 Å². The Morgan fingerprint density at radius 3 is 2.29 bits per heavy atom. The van der Waals surface area contributed by atoms with Crippen LogP contribution in [0.4, 0.5) is 0 Å². The molecule has 1 N–H and O–H groups in total. The van der Waals surface area contributed by atoms with Gasteiger partial charge in [-0.2, -0.15) is 0 Å². The monoisotopic (exact) mass is 299 g/mol. The summed E-state index contributed by atoms with van der Waals surface area (Å²) >= 11 is 0. The number of unbranched alkanes of at least 4 members (excludes halogenated alkanes) is 4. The Balaban J connectivity index is 4.32. The number of aliphatic hydroxyl groups is 1. The lowest BCUT2D eigenvalue weighted by Crippen LogP contribution is -2.49. The van der Waals surface area contributed by atoms with Gasteiger partial charge in [-0.05, 0) is 52.0 Å². The highest BCUT2D eigenvalue weighted by Gasteiger charge is 2.24. The van der Waals surface area contributed by atoms with Crippen LogP contribution in [0.2, 0.25) is 0 Å². The summed E-state index contributed by atoms with van der Waals surface area (Å²) in [5.41, 5.74) is 0. The Morgan fingerprint density at radius 2 is 1.76 bits per heavy atom. The number of quaternary nitrogens is 1. The van der Waals surface area contributed by atoms with Crippen LogP contribution in [0.1, 0.15) is 65.7 Å². The van der Waals surface area contributed by atoms with Crippen LogP contribution in [0.3, 0.4) is 0 Å². The van der Waals surface area contributed by atoms with Crippen molar-refractivity contribution in [3.63, 3.8) is 0 Å². The zero-order valence-corrected chi connectivity index (χ0v) is 14.1. The fourth-order valence-corrected chi connectivity index (χ4v) is 2.63. The van der Waals surface area contributed by atoms with Gasteiger partial charge in [0.1, 0.15) is 12.3 Å². The number of carboxylic acids is 1. The molecule has 4 nitrogen and oxygen atoms in total. The molecule has 0 rings (SSSR count). The minimum absolute atomic E-state index is 0.131. The molecular formula is C17H33NO3. The van der Waals surface area contributed by atoms with Gasteiger partial charge < -0.3 is 19.5 Å². The predicted octanol–water partition coefficient (Wildman–Crippen LogP) is 2.79. The third kappa shape index (κ3) is 9.51. The molecule has 0 amide bonds. The summed E-state index contributed by atoms with van der Waals surface area (Å²) in [5.74, 6) is -0.491. The van der Waals surface area contributed by atoms with Crippen molar-refractivity contribution in [3.05, 3.63) is 11.8 Å². The first-order valence-electron chi connectivity index (χ1n) is 8.42. The standard InChI is InChI=1S/C17H33NO3/c1-4-7-8-9-12-16(19)15-18(5-2,6-3)14-11-10-13-17(20)21/h12H,4-11,13-15H2,1-3H3,(H-,19,20,21)/b16-12-. The van der Waals surface area contributed by atoms with Crippen molar-refractivity contribution in [1.29, 1.82) is 0 Å². The van der Waals surface area contributed by atoms with Crippen LogP contribution in [-0.4, -0.2) is 41.7 Å². The first-order valence-corrected chi connectivity index (χ1v) is 8.42. The van der Waals surface area contributed by atoms with Crippen LogP contribution in [0.25, 0.3) is 0 Å². The summed E-state index contributed by atoms with van der Waals surface area (Å²) in [7, 11) is 0. The average Bonchev–Trinajstić information content (AvgIpc) is 2.46. The van der Waals surface area contributed by atoms with Crippen molar-refractivity contribution in [1.82, 2.24) is 0 Å². The molecule has 4 heteroatoms. The average molecular weight is 299 g/mol. The largest absolute Gasteiger partial charge is 0.550 e. The fourth-order valence-electron chi connectivity index (χ4n) is 2.63. The molecule has 0 aliphatic carbocycles. The van der Waals surface area contributed by atoms with Crippen LogP contribution in [0, 0.1) is 0 Å². The highest BCUT2D eigenvalue weighted by molar-refractivity contribution is 5.64. The number of hydrogen-bond acceptors (Lipinski definition) is 3. The molecule has 0 saturated heterocycles. The van der Waals surface area contributed by atoms with Gasteiger partial charge in [-0.3, -0.25) is 0 Å². The molecule has 0 spiro atoms. The van der Waals surface area contributed by atoms with Crippen LogP contribution >= 0.6 is 0 Å². The van der Waals surface area contributed by atoms with E-state index < -0.39 is 5.97 Å². The van der Waals surface area contributed by atoms with Gasteiger partial charge in [0.05, 0.1) is 19.6 Å². The molecule has 21 heavy (non-hydrogen) atoms. The number of rotatable bonds is 13. The summed E-state index contributed by atoms with van der Waals surface area (Å²) in [6, 6.07) is 0. The lowest BCUT2D eigenvalue weighted by Gasteiger charge is -2.36. The molecule has 0 aliphatic heterocycles. The predicted molar refractivity (Wildman–Crippen MR) is 84.8 cm³/mol. The molecule has 0 saturated carbocycles. The van der Waals surface area contributed by atoms with Gasteiger partial charge in [-0.15, -0.1) is 0 Å². The Morgan fingerprint density at radius 1 is 1.10 bits per heavy atom. The number of carbonyl (C=O) groups is 1. The van der Waals surface area contributed by atoms with E-state index in [4.69, 9.17) is 0 Å². The summed E-state index contributed by atoms with van der Waals surface area (Å²) < 4.78 is 0.823. The molecule has 0 radical (unpaired) electrons. The third-order valence-corrected chi connectivity index (χ3v) is 4.29. The van der Waals surface area contributed by atoms with Crippen molar-refractivity contribution >= 4 is 5.97 Å². The Kier molecular flexibility index (Phi) is 11.0. The van der Waals surface area contributed by atoms with E-state index in [0.717, 1.165) is 43.4 Å². The zero-order valence-electron chi connectivity index (χ0n) is 14.1. The highest BCUT2D eigenvalue weighted by atomic mass is 16.4.